The van der Waals surface area contributed by atoms with E-state index in [1.807, 2.05) is 0 Å². The summed E-state index contributed by atoms with van der Waals surface area (Å²) in [5.74, 6) is -0.366. The van der Waals surface area contributed by atoms with Crippen LogP contribution in [0.2, 0.25) is 5.15 Å². The Hall–Kier alpha value is -1.09. The highest BCUT2D eigenvalue weighted by molar-refractivity contribution is 6.30. The lowest BCUT2D eigenvalue weighted by Crippen LogP contribution is -2.05. The van der Waals surface area contributed by atoms with Gasteiger partial charge in [0.1, 0.15) is 5.15 Å². The van der Waals surface area contributed by atoms with Gasteiger partial charge in [0.05, 0.1) is 12.2 Å². The number of hydrogen-bond acceptors (Lipinski definition) is 3. The summed E-state index contributed by atoms with van der Waals surface area (Å²) in [5, 5.41) is 0.410. The zero-order valence-electron chi connectivity index (χ0n) is 7.50. The highest BCUT2D eigenvalue weighted by Crippen LogP contribution is 2.13. The first-order valence-corrected chi connectivity index (χ1v) is 4.32. The van der Waals surface area contributed by atoms with Gasteiger partial charge in [-0.25, -0.2) is 9.78 Å². The molecule has 0 bridgehead atoms. The van der Waals surface area contributed by atoms with Crippen molar-refractivity contribution in [3.05, 3.63) is 28.5 Å². The van der Waals surface area contributed by atoms with Crippen molar-refractivity contribution in [3.8, 4) is 0 Å². The molecule has 4 heteroatoms. The summed E-state index contributed by atoms with van der Waals surface area (Å²) in [4.78, 5) is 15.0. The van der Waals surface area contributed by atoms with Crippen LogP contribution >= 0.6 is 11.6 Å². The number of carbonyl (C=O) groups is 1. The summed E-state index contributed by atoms with van der Waals surface area (Å²) in [6, 6.07) is 1.66. The van der Waals surface area contributed by atoms with Gasteiger partial charge in [-0.1, -0.05) is 11.6 Å². The minimum absolute atomic E-state index is 0.362. The molecule has 0 aliphatic rings. The summed E-state index contributed by atoms with van der Waals surface area (Å²) in [5.41, 5.74) is 1.20. The number of nitrogens with zero attached hydrogens (tertiary/aromatic N) is 1. The molecule has 1 aromatic heterocycles. The Morgan fingerprint density at radius 3 is 2.92 bits per heavy atom. The molecule has 1 aromatic rings. The second-order valence-electron chi connectivity index (χ2n) is 2.55. The number of pyridine rings is 1. The molecule has 70 valence electrons. The Kier molecular flexibility index (Phi) is 3.25. The third-order valence-corrected chi connectivity index (χ3v) is 1.92. The average Bonchev–Trinajstić information content (AvgIpc) is 2.10. The Balaban J connectivity index is 2.90. The molecule has 0 saturated heterocycles. The summed E-state index contributed by atoms with van der Waals surface area (Å²) in [6.07, 6.45) is 1.41. The number of halogens is 1. The van der Waals surface area contributed by atoms with Crippen LogP contribution in [-0.4, -0.2) is 17.6 Å². The second-order valence-corrected chi connectivity index (χ2v) is 2.91. The molecule has 0 aromatic carbocycles. The van der Waals surface area contributed by atoms with Crippen molar-refractivity contribution >= 4 is 17.6 Å². The van der Waals surface area contributed by atoms with Crippen LogP contribution in [0.4, 0.5) is 0 Å². The van der Waals surface area contributed by atoms with Crippen LogP contribution in [-0.2, 0) is 4.74 Å². The quantitative estimate of drug-likeness (QED) is 0.542. The largest absolute Gasteiger partial charge is 0.462 e. The van der Waals surface area contributed by atoms with E-state index in [4.69, 9.17) is 16.3 Å². The fraction of sp³-hybridized carbons (Fsp3) is 0.333. The Morgan fingerprint density at radius 1 is 1.69 bits per heavy atom. The van der Waals surface area contributed by atoms with Crippen molar-refractivity contribution in [2.75, 3.05) is 6.61 Å². The molecule has 0 spiro atoms. The molecule has 0 saturated carbocycles. The van der Waals surface area contributed by atoms with Gasteiger partial charge in [0, 0.05) is 6.20 Å². The van der Waals surface area contributed by atoms with Gasteiger partial charge in [-0.2, -0.15) is 0 Å². The van der Waals surface area contributed by atoms with Gasteiger partial charge in [-0.3, -0.25) is 0 Å². The van der Waals surface area contributed by atoms with Crippen molar-refractivity contribution in [1.29, 1.82) is 0 Å². The summed E-state index contributed by atoms with van der Waals surface area (Å²) in [6.45, 7) is 3.91. The van der Waals surface area contributed by atoms with Crippen LogP contribution in [0, 0.1) is 6.92 Å². The molecular formula is C9H10ClNO2. The molecule has 1 rings (SSSR count). The van der Waals surface area contributed by atoms with Crippen molar-refractivity contribution in [2.24, 2.45) is 0 Å². The maximum absolute atomic E-state index is 11.2. The first-order valence-electron chi connectivity index (χ1n) is 3.94. The molecule has 13 heavy (non-hydrogen) atoms. The van der Waals surface area contributed by atoms with Gasteiger partial charge >= 0.3 is 5.97 Å². The monoisotopic (exact) mass is 199 g/mol. The molecule has 0 N–H and O–H groups in total. The lowest BCUT2D eigenvalue weighted by atomic mass is 10.2. The summed E-state index contributed by atoms with van der Waals surface area (Å²) >= 11 is 5.70. The molecule has 3 nitrogen and oxygen atoms in total. The lowest BCUT2D eigenvalue weighted by molar-refractivity contribution is 0.0526. The van der Waals surface area contributed by atoms with Gasteiger partial charge in [0.25, 0.3) is 0 Å². The third-order valence-electron chi connectivity index (χ3n) is 1.53. The van der Waals surface area contributed by atoms with E-state index in [0.29, 0.717) is 17.3 Å². The Labute approximate surface area is 81.7 Å². The van der Waals surface area contributed by atoms with E-state index in [2.05, 4.69) is 4.98 Å². The summed E-state index contributed by atoms with van der Waals surface area (Å²) < 4.78 is 4.80. The van der Waals surface area contributed by atoms with E-state index < -0.39 is 0 Å². The zero-order valence-corrected chi connectivity index (χ0v) is 8.26. The zero-order chi connectivity index (χ0) is 9.84. The van der Waals surface area contributed by atoms with Crippen molar-refractivity contribution in [3.63, 3.8) is 0 Å². The predicted octanol–water partition coefficient (Wildman–Crippen LogP) is 2.22. The first-order chi connectivity index (χ1) is 6.15. The third kappa shape index (κ3) is 2.42. The van der Waals surface area contributed by atoms with E-state index in [0.717, 1.165) is 5.56 Å². The molecule has 0 aliphatic carbocycles. The van der Waals surface area contributed by atoms with Crippen LogP contribution in [0.3, 0.4) is 0 Å². The predicted molar refractivity (Wildman–Crippen MR) is 49.9 cm³/mol. The first kappa shape index (κ1) is 9.99. The van der Waals surface area contributed by atoms with Crippen LogP contribution in [0.5, 0.6) is 0 Å². The van der Waals surface area contributed by atoms with Gasteiger partial charge in [-0.15, -0.1) is 0 Å². The van der Waals surface area contributed by atoms with Crippen LogP contribution < -0.4 is 0 Å². The molecular weight excluding hydrogens is 190 g/mol. The minimum Gasteiger partial charge on any atom is -0.462 e. The van der Waals surface area contributed by atoms with E-state index >= 15 is 0 Å². The number of ether oxygens (including phenoxy) is 1. The number of hydrogen-bond donors (Lipinski definition) is 0. The van der Waals surface area contributed by atoms with Crippen LogP contribution in [0.15, 0.2) is 12.3 Å². The highest BCUT2D eigenvalue weighted by atomic mass is 35.5. The number of aromatic nitrogens is 1. The fourth-order valence-corrected chi connectivity index (χ4v) is 0.988. The van der Waals surface area contributed by atoms with E-state index in [-0.39, 0.29) is 5.97 Å². The normalized spacial score (nSPS) is 9.77. The van der Waals surface area contributed by atoms with E-state index in [1.165, 1.54) is 6.20 Å². The fourth-order valence-electron chi connectivity index (χ4n) is 0.884. The van der Waals surface area contributed by atoms with Gasteiger partial charge in [0.15, 0.2) is 0 Å². The highest BCUT2D eigenvalue weighted by Gasteiger charge is 2.07. The Bertz CT molecular complexity index is 325. The van der Waals surface area contributed by atoms with E-state index in [1.54, 1.807) is 19.9 Å². The molecule has 0 amide bonds. The van der Waals surface area contributed by atoms with Crippen molar-refractivity contribution < 1.29 is 9.53 Å². The Morgan fingerprint density at radius 2 is 2.38 bits per heavy atom. The lowest BCUT2D eigenvalue weighted by Gasteiger charge is -2.02. The second kappa shape index (κ2) is 4.23. The van der Waals surface area contributed by atoms with Crippen LogP contribution in [0.1, 0.15) is 22.8 Å². The number of aryl methyl sites for hydroxylation is 1. The van der Waals surface area contributed by atoms with E-state index in [9.17, 15) is 4.79 Å². The standard InChI is InChI=1S/C9H10ClNO2/c1-3-13-9(12)7-4-6(2)8(10)11-5-7/h4-5H,3H2,1-2H3. The number of carbonyl (C=O) groups excluding carboxylic acids is 1. The number of rotatable bonds is 2. The van der Waals surface area contributed by atoms with Crippen molar-refractivity contribution in [1.82, 2.24) is 4.98 Å². The molecule has 0 atom stereocenters. The maximum Gasteiger partial charge on any atom is 0.339 e. The summed E-state index contributed by atoms with van der Waals surface area (Å²) in [7, 11) is 0. The van der Waals surface area contributed by atoms with Gasteiger partial charge in [-0.05, 0) is 25.5 Å². The molecule has 0 radical (unpaired) electrons. The average molecular weight is 200 g/mol. The molecule has 0 unspecified atom stereocenters. The smallest absolute Gasteiger partial charge is 0.339 e. The minimum atomic E-state index is -0.366. The van der Waals surface area contributed by atoms with Crippen LogP contribution in [0.25, 0.3) is 0 Å². The SMILES string of the molecule is CCOC(=O)c1cnc(Cl)c(C)c1. The topological polar surface area (TPSA) is 39.2 Å². The van der Waals surface area contributed by atoms with Gasteiger partial charge < -0.3 is 4.74 Å². The number of esters is 1. The maximum atomic E-state index is 11.2. The molecule has 0 aliphatic heterocycles. The molecule has 1 heterocycles. The molecule has 0 fully saturated rings. The van der Waals surface area contributed by atoms with Crippen molar-refractivity contribution in [2.45, 2.75) is 13.8 Å². The van der Waals surface area contributed by atoms with Gasteiger partial charge in [0.2, 0.25) is 0 Å².